The van der Waals surface area contributed by atoms with E-state index >= 15 is 0 Å². The molecule has 3 rings (SSSR count). The van der Waals surface area contributed by atoms with Crippen molar-refractivity contribution in [2.75, 3.05) is 0 Å². The molecule has 14 heteroatoms. The first-order valence-electron chi connectivity index (χ1n) is 12.1. The molecule has 0 unspecified atom stereocenters. The van der Waals surface area contributed by atoms with Crippen LogP contribution >= 0.6 is 0 Å². The van der Waals surface area contributed by atoms with E-state index in [0.29, 0.717) is 77.0 Å². The number of rotatable bonds is 6. The van der Waals surface area contributed by atoms with E-state index in [1.54, 1.807) is 0 Å². The molecule has 0 heterocycles. The summed E-state index contributed by atoms with van der Waals surface area (Å²) in [5, 5.41) is 62.1. The zero-order valence-electron chi connectivity index (χ0n) is 20.6. The number of aliphatic carboxylic acids is 6. The Bertz CT molecular complexity index is 624. The van der Waals surface area contributed by atoms with Gasteiger partial charge in [0.1, 0.15) is 0 Å². The van der Waals surface area contributed by atoms with Crippen LogP contribution in [0.15, 0.2) is 0 Å². The zero-order chi connectivity index (χ0) is 27.4. The molecular formula is C24H30Fe2O12. The molecule has 0 N–H and O–H groups in total. The number of carboxylic acid groups (broad SMARTS) is 6. The average Bonchev–Trinajstić information content (AvgIpc) is 2.84. The van der Waals surface area contributed by atoms with E-state index < -0.39 is 71.3 Å². The van der Waals surface area contributed by atoms with Gasteiger partial charge in [0.2, 0.25) is 0 Å². The molecule has 0 aromatic heterocycles. The molecule has 3 saturated carbocycles. The van der Waals surface area contributed by atoms with Crippen molar-refractivity contribution < 1.29 is 93.5 Å². The predicted octanol–water partition coefficient (Wildman–Crippen LogP) is -5.13. The first kappa shape index (κ1) is 38.0. The second kappa shape index (κ2) is 19.0. The maximum Gasteiger partial charge on any atom is 3.00 e. The van der Waals surface area contributed by atoms with Crippen LogP contribution in [0.5, 0.6) is 0 Å². The Hall–Kier alpha value is -2.14. The fourth-order valence-electron chi connectivity index (χ4n) is 4.69. The van der Waals surface area contributed by atoms with Gasteiger partial charge in [0, 0.05) is 35.8 Å². The Morgan fingerprint density at radius 3 is 0.421 bits per heavy atom. The molecule has 0 bridgehead atoms. The molecule has 0 aliphatic heterocycles. The molecular weight excluding hydrogens is 592 g/mol. The third-order valence-corrected chi connectivity index (χ3v) is 7.18. The van der Waals surface area contributed by atoms with Gasteiger partial charge in [-0.1, -0.05) is 0 Å². The Labute approximate surface area is 241 Å². The van der Waals surface area contributed by atoms with E-state index in [2.05, 4.69) is 0 Å². The van der Waals surface area contributed by atoms with Crippen LogP contribution in [0.4, 0.5) is 0 Å². The third-order valence-electron chi connectivity index (χ3n) is 7.18. The molecule has 0 aromatic rings. The van der Waals surface area contributed by atoms with Gasteiger partial charge in [-0.2, -0.15) is 0 Å². The molecule has 0 amide bonds. The van der Waals surface area contributed by atoms with Crippen molar-refractivity contribution in [1.82, 2.24) is 0 Å². The number of carbonyl (C=O) groups excluding carboxylic acids is 6. The summed E-state index contributed by atoms with van der Waals surface area (Å²) in [6.07, 6.45) is 4.85. The van der Waals surface area contributed by atoms with Gasteiger partial charge in [-0.25, -0.2) is 0 Å². The number of carbonyl (C=O) groups is 6. The quantitative estimate of drug-likeness (QED) is 0.253. The summed E-state index contributed by atoms with van der Waals surface area (Å²) in [4.78, 5) is 62.1. The summed E-state index contributed by atoms with van der Waals surface area (Å²) in [5.74, 6) is -9.13. The van der Waals surface area contributed by atoms with Crippen LogP contribution in [0, 0.1) is 35.5 Å². The van der Waals surface area contributed by atoms with E-state index in [9.17, 15) is 59.4 Å². The number of hydrogen-bond donors (Lipinski definition) is 0. The fourth-order valence-corrected chi connectivity index (χ4v) is 4.69. The second-order valence-electron chi connectivity index (χ2n) is 9.56. The third kappa shape index (κ3) is 13.6. The number of hydrogen-bond acceptors (Lipinski definition) is 12. The van der Waals surface area contributed by atoms with Gasteiger partial charge in [0.15, 0.2) is 0 Å². The summed E-state index contributed by atoms with van der Waals surface area (Å²) >= 11 is 0. The van der Waals surface area contributed by atoms with Gasteiger partial charge in [-0.05, 0) is 113 Å². The molecule has 3 aliphatic rings. The molecule has 2 radical (unpaired) electrons. The smallest absolute Gasteiger partial charge is 0.550 e. The van der Waals surface area contributed by atoms with E-state index in [4.69, 9.17) is 0 Å². The topological polar surface area (TPSA) is 241 Å². The van der Waals surface area contributed by atoms with Gasteiger partial charge in [-0.15, -0.1) is 0 Å². The second-order valence-corrected chi connectivity index (χ2v) is 9.56. The van der Waals surface area contributed by atoms with Crippen molar-refractivity contribution in [2.24, 2.45) is 35.5 Å². The van der Waals surface area contributed by atoms with Gasteiger partial charge in [0.05, 0.1) is 0 Å². The van der Waals surface area contributed by atoms with Crippen LogP contribution < -0.4 is 30.6 Å². The van der Waals surface area contributed by atoms with E-state index in [-0.39, 0.29) is 34.1 Å². The van der Waals surface area contributed by atoms with Crippen LogP contribution in [0.25, 0.3) is 0 Å². The molecule has 0 aromatic carbocycles. The van der Waals surface area contributed by atoms with Gasteiger partial charge < -0.3 is 59.4 Å². The monoisotopic (exact) mass is 622 g/mol. The van der Waals surface area contributed by atoms with Crippen LogP contribution in [-0.4, -0.2) is 35.8 Å². The van der Waals surface area contributed by atoms with Crippen molar-refractivity contribution in [3.05, 3.63) is 0 Å². The van der Waals surface area contributed by atoms with Crippen molar-refractivity contribution in [1.29, 1.82) is 0 Å². The molecule has 0 atom stereocenters. The minimum absolute atomic E-state index is 0. The zero-order valence-corrected chi connectivity index (χ0v) is 22.8. The average molecular weight is 622 g/mol. The largest absolute Gasteiger partial charge is 3.00 e. The van der Waals surface area contributed by atoms with Crippen molar-refractivity contribution >= 4 is 35.8 Å². The summed E-state index contributed by atoms with van der Waals surface area (Å²) in [6, 6.07) is 0. The summed E-state index contributed by atoms with van der Waals surface area (Å²) in [6.45, 7) is 0. The van der Waals surface area contributed by atoms with Gasteiger partial charge in [-0.3, -0.25) is 0 Å². The standard InChI is InChI=1S/3C8H12O4.2Fe/c3*9-7(10)5-1-2-6(4-3-5)8(11)12;;/h3*5-6H,1-4H2,(H,9,10)(H,11,12);;/q;;;2*+3/p-6. The molecule has 38 heavy (non-hydrogen) atoms. The van der Waals surface area contributed by atoms with Crippen LogP contribution in [0.3, 0.4) is 0 Å². The molecule has 3 fully saturated rings. The van der Waals surface area contributed by atoms with Crippen molar-refractivity contribution in [2.45, 2.75) is 77.0 Å². The van der Waals surface area contributed by atoms with Crippen LogP contribution in [-0.2, 0) is 62.9 Å². The van der Waals surface area contributed by atoms with Crippen LogP contribution in [0.1, 0.15) is 77.0 Å². The van der Waals surface area contributed by atoms with Crippen molar-refractivity contribution in [3.8, 4) is 0 Å². The first-order valence-corrected chi connectivity index (χ1v) is 12.1. The Morgan fingerprint density at radius 1 is 0.289 bits per heavy atom. The Morgan fingerprint density at radius 2 is 0.368 bits per heavy atom. The van der Waals surface area contributed by atoms with E-state index in [1.165, 1.54) is 0 Å². The molecule has 214 valence electrons. The molecule has 12 nitrogen and oxygen atoms in total. The maximum absolute atomic E-state index is 10.4. The Kier molecular flexibility index (Phi) is 19.0. The van der Waals surface area contributed by atoms with Gasteiger partial charge >= 0.3 is 34.1 Å². The minimum atomic E-state index is -1.06. The van der Waals surface area contributed by atoms with E-state index in [0.717, 1.165) is 0 Å². The Balaban J connectivity index is 0. The van der Waals surface area contributed by atoms with Crippen LogP contribution in [0.2, 0.25) is 0 Å². The molecule has 0 saturated heterocycles. The maximum atomic E-state index is 10.4. The normalized spacial score (nSPS) is 28.1. The number of carboxylic acids is 6. The van der Waals surface area contributed by atoms with Crippen molar-refractivity contribution in [3.63, 3.8) is 0 Å². The summed E-state index contributed by atoms with van der Waals surface area (Å²) in [5.41, 5.74) is 0. The predicted molar refractivity (Wildman–Crippen MR) is 106 cm³/mol. The summed E-state index contributed by atoms with van der Waals surface area (Å²) < 4.78 is 0. The SMILES string of the molecule is O=C([O-])C1CCC(C(=O)[O-])CC1.O=C([O-])C1CCC(C(=O)[O-])CC1.O=C([O-])C1CCC(C(=O)[O-])CC1.[Fe+3].[Fe+3]. The summed E-state index contributed by atoms with van der Waals surface area (Å²) in [7, 11) is 0. The minimum Gasteiger partial charge on any atom is -0.550 e. The van der Waals surface area contributed by atoms with E-state index in [1.807, 2.05) is 0 Å². The van der Waals surface area contributed by atoms with Gasteiger partial charge in [0.25, 0.3) is 0 Å². The molecule has 0 spiro atoms. The fraction of sp³-hybridized carbons (Fsp3) is 0.750. The molecule has 3 aliphatic carbocycles. The first-order chi connectivity index (χ1) is 16.8.